The largest absolute Gasteiger partial charge is 0.465 e. The van der Waals surface area contributed by atoms with Gasteiger partial charge >= 0.3 is 11.7 Å². The van der Waals surface area contributed by atoms with Crippen molar-refractivity contribution < 1.29 is 22.4 Å². The highest BCUT2D eigenvalue weighted by Crippen LogP contribution is 2.33. The van der Waals surface area contributed by atoms with Gasteiger partial charge in [-0.25, -0.2) is 13.2 Å². The molecule has 0 amide bonds. The van der Waals surface area contributed by atoms with Gasteiger partial charge in [0.25, 0.3) is 0 Å². The molecule has 9 heteroatoms. The minimum absolute atomic E-state index is 0.0649. The van der Waals surface area contributed by atoms with Gasteiger partial charge in [0.2, 0.25) is 10.0 Å². The Morgan fingerprint density at radius 2 is 2.04 bits per heavy atom. The van der Waals surface area contributed by atoms with Gasteiger partial charge in [0, 0.05) is 13.1 Å². The zero-order chi connectivity index (χ0) is 18.2. The Labute approximate surface area is 144 Å². The molecule has 3 rings (SSSR count). The summed E-state index contributed by atoms with van der Waals surface area (Å²) in [5.74, 6) is -1.13. The molecule has 1 saturated carbocycles. The van der Waals surface area contributed by atoms with Crippen LogP contribution in [0, 0.1) is 0 Å². The lowest BCUT2D eigenvalue weighted by atomic mass is 10.00. The molecule has 1 fully saturated rings. The van der Waals surface area contributed by atoms with Crippen molar-refractivity contribution in [2.45, 2.75) is 43.0 Å². The quantitative estimate of drug-likeness (QED) is 0.797. The molecule has 1 N–H and O–H groups in total. The van der Waals surface area contributed by atoms with E-state index in [9.17, 15) is 18.0 Å². The number of hydrogen-bond donors (Lipinski definition) is 1. The topological polar surface area (TPSA) is 108 Å². The maximum Gasteiger partial charge on any atom is 0.419 e. The number of carbonyl (C=O) groups is 1. The molecule has 2 aromatic rings. The van der Waals surface area contributed by atoms with Crippen molar-refractivity contribution in [1.82, 2.24) is 9.29 Å². The van der Waals surface area contributed by atoms with E-state index in [-0.39, 0.29) is 17.1 Å². The molecule has 1 aliphatic rings. The third-order valence-corrected chi connectivity index (χ3v) is 6.06. The highest BCUT2D eigenvalue weighted by Gasteiger charge is 2.45. The summed E-state index contributed by atoms with van der Waals surface area (Å²) in [4.78, 5) is 23.8. The standard InChI is InChI=1S/C16H20N2O6S/c1-3-23-14(19)16(8-4-5-9-16)17-25(21,22)11-6-7-12-13(10-11)24-15(20)18(12)2/h6-7,10,17H,3-5,8-9H2,1-2H3. The lowest BCUT2D eigenvalue weighted by Gasteiger charge is -2.27. The van der Waals surface area contributed by atoms with Gasteiger partial charge in [-0.2, -0.15) is 4.72 Å². The summed E-state index contributed by atoms with van der Waals surface area (Å²) in [5.41, 5.74) is -0.571. The number of esters is 1. The summed E-state index contributed by atoms with van der Waals surface area (Å²) in [5, 5.41) is 0. The maximum atomic E-state index is 12.8. The van der Waals surface area contributed by atoms with Crippen molar-refractivity contribution in [3.05, 3.63) is 28.7 Å². The summed E-state index contributed by atoms with van der Waals surface area (Å²) in [6.45, 7) is 1.86. The Hall–Kier alpha value is -2.13. The lowest BCUT2D eigenvalue weighted by molar-refractivity contribution is -0.150. The third kappa shape index (κ3) is 3.09. The monoisotopic (exact) mass is 368 g/mol. The molecule has 1 aromatic heterocycles. The fraction of sp³-hybridized carbons (Fsp3) is 0.500. The number of nitrogens with zero attached hydrogens (tertiary/aromatic N) is 1. The lowest BCUT2D eigenvalue weighted by Crippen LogP contribution is -2.53. The highest BCUT2D eigenvalue weighted by atomic mass is 32.2. The summed E-state index contributed by atoms with van der Waals surface area (Å²) in [6.07, 6.45) is 2.28. The van der Waals surface area contributed by atoms with Gasteiger partial charge in [0.05, 0.1) is 17.0 Å². The fourth-order valence-corrected chi connectivity index (χ4v) is 4.62. The number of sulfonamides is 1. The molecule has 136 valence electrons. The van der Waals surface area contributed by atoms with Gasteiger partial charge in [-0.1, -0.05) is 12.8 Å². The van der Waals surface area contributed by atoms with E-state index in [1.165, 1.54) is 29.8 Å². The Bertz CT molecular complexity index is 966. The molecule has 1 aliphatic carbocycles. The van der Waals surface area contributed by atoms with Crippen LogP contribution in [0.3, 0.4) is 0 Å². The number of fused-ring (bicyclic) bond motifs is 1. The Morgan fingerprint density at radius 1 is 1.36 bits per heavy atom. The van der Waals surface area contributed by atoms with Crippen molar-refractivity contribution in [3.8, 4) is 0 Å². The number of carbonyl (C=O) groups excluding carboxylic acids is 1. The van der Waals surface area contributed by atoms with Crippen LogP contribution in [-0.2, 0) is 26.6 Å². The molecule has 0 spiro atoms. The summed E-state index contributed by atoms with van der Waals surface area (Å²) >= 11 is 0. The maximum absolute atomic E-state index is 12.8. The van der Waals surface area contributed by atoms with E-state index < -0.39 is 27.3 Å². The summed E-state index contributed by atoms with van der Waals surface area (Å²) in [6, 6.07) is 4.17. The normalized spacial score (nSPS) is 17.0. The molecule has 0 bridgehead atoms. The van der Waals surface area contributed by atoms with E-state index in [1.807, 2.05) is 0 Å². The molecule has 0 saturated heterocycles. The van der Waals surface area contributed by atoms with Crippen molar-refractivity contribution in [3.63, 3.8) is 0 Å². The molecule has 1 aromatic carbocycles. The van der Waals surface area contributed by atoms with Crippen molar-refractivity contribution >= 4 is 27.1 Å². The second kappa shape index (κ2) is 6.30. The zero-order valence-electron chi connectivity index (χ0n) is 14.1. The fourth-order valence-electron chi connectivity index (χ4n) is 3.19. The van der Waals surface area contributed by atoms with Gasteiger partial charge in [-0.3, -0.25) is 9.36 Å². The van der Waals surface area contributed by atoms with E-state index in [0.717, 1.165) is 12.8 Å². The highest BCUT2D eigenvalue weighted by molar-refractivity contribution is 7.89. The van der Waals surface area contributed by atoms with E-state index >= 15 is 0 Å². The first-order valence-electron chi connectivity index (χ1n) is 8.10. The number of aromatic nitrogens is 1. The molecule has 8 nitrogen and oxygen atoms in total. The Balaban J connectivity index is 1.98. The predicted octanol–water partition coefficient (Wildman–Crippen LogP) is 1.29. The van der Waals surface area contributed by atoms with Crippen molar-refractivity contribution in [2.24, 2.45) is 7.05 Å². The van der Waals surface area contributed by atoms with Gasteiger partial charge in [0.15, 0.2) is 5.58 Å². The number of ether oxygens (including phenoxy) is 1. The van der Waals surface area contributed by atoms with Gasteiger partial charge < -0.3 is 9.15 Å². The Kier molecular flexibility index (Phi) is 4.46. The smallest absolute Gasteiger partial charge is 0.419 e. The molecular weight excluding hydrogens is 348 g/mol. The second-order valence-corrected chi connectivity index (χ2v) is 7.85. The minimum Gasteiger partial charge on any atom is -0.465 e. The number of nitrogens with one attached hydrogen (secondary N) is 1. The van der Waals surface area contributed by atoms with Crippen LogP contribution in [0.15, 0.2) is 32.3 Å². The first-order valence-corrected chi connectivity index (χ1v) is 9.58. The van der Waals surface area contributed by atoms with Crippen LogP contribution < -0.4 is 10.5 Å². The van der Waals surface area contributed by atoms with Gasteiger partial charge in [-0.05, 0) is 31.9 Å². The number of oxazole rings is 1. The van der Waals surface area contributed by atoms with Crippen LogP contribution in [0.5, 0.6) is 0 Å². The SMILES string of the molecule is CCOC(=O)C1(NS(=O)(=O)c2ccc3c(c2)oc(=O)n3C)CCCC1. The molecule has 0 radical (unpaired) electrons. The van der Waals surface area contributed by atoms with Crippen LogP contribution in [-0.4, -0.2) is 31.1 Å². The minimum atomic E-state index is -3.98. The molecule has 0 atom stereocenters. The average molecular weight is 368 g/mol. The third-order valence-electron chi connectivity index (χ3n) is 4.53. The molecule has 1 heterocycles. The molecule has 0 unspecified atom stereocenters. The average Bonchev–Trinajstić information content (AvgIpc) is 3.13. The van der Waals surface area contributed by atoms with E-state index in [1.54, 1.807) is 6.92 Å². The Morgan fingerprint density at radius 3 is 2.68 bits per heavy atom. The van der Waals surface area contributed by atoms with E-state index in [2.05, 4.69) is 4.72 Å². The van der Waals surface area contributed by atoms with Crippen molar-refractivity contribution in [2.75, 3.05) is 6.61 Å². The molecule has 25 heavy (non-hydrogen) atoms. The van der Waals surface area contributed by atoms with Crippen LogP contribution in [0.25, 0.3) is 11.1 Å². The van der Waals surface area contributed by atoms with Gasteiger partial charge in [0.1, 0.15) is 5.54 Å². The predicted molar refractivity (Wildman–Crippen MR) is 89.6 cm³/mol. The molecular formula is C16H20N2O6S. The van der Waals surface area contributed by atoms with E-state index in [4.69, 9.17) is 9.15 Å². The van der Waals surface area contributed by atoms with Crippen LogP contribution in [0.4, 0.5) is 0 Å². The summed E-state index contributed by atoms with van der Waals surface area (Å²) in [7, 11) is -2.45. The van der Waals surface area contributed by atoms with Crippen LogP contribution in [0.1, 0.15) is 32.6 Å². The van der Waals surface area contributed by atoms with E-state index in [0.29, 0.717) is 18.4 Å². The van der Waals surface area contributed by atoms with Crippen molar-refractivity contribution in [1.29, 1.82) is 0 Å². The van der Waals surface area contributed by atoms with Gasteiger partial charge in [-0.15, -0.1) is 0 Å². The van der Waals surface area contributed by atoms with Crippen LogP contribution in [0.2, 0.25) is 0 Å². The summed E-state index contributed by atoms with van der Waals surface area (Å²) < 4.78 is 39.5. The van der Waals surface area contributed by atoms with Crippen LogP contribution >= 0.6 is 0 Å². The first kappa shape index (κ1) is 17.7. The molecule has 0 aliphatic heterocycles. The zero-order valence-corrected chi connectivity index (χ0v) is 14.9. The number of hydrogen-bond acceptors (Lipinski definition) is 6. The number of benzene rings is 1. The number of aryl methyl sites for hydroxylation is 1. The second-order valence-electron chi connectivity index (χ2n) is 6.17. The first-order chi connectivity index (χ1) is 11.8. The number of rotatable bonds is 5.